The maximum Gasteiger partial charge on any atom is 0.256 e. The summed E-state index contributed by atoms with van der Waals surface area (Å²) < 4.78 is 15.8. The fourth-order valence-corrected chi connectivity index (χ4v) is 1.84. The SMILES string of the molecule is COc1c(CC(C)(OC)OC)cccc1C(=O)Cl. The Morgan fingerprint density at radius 1 is 1.28 bits per heavy atom. The highest BCUT2D eigenvalue weighted by atomic mass is 35.5. The minimum atomic E-state index is -0.777. The van der Waals surface area contributed by atoms with E-state index in [0.717, 1.165) is 5.56 Å². The third-order valence-corrected chi connectivity index (χ3v) is 3.09. The van der Waals surface area contributed by atoms with E-state index in [1.807, 2.05) is 13.0 Å². The van der Waals surface area contributed by atoms with Gasteiger partial charge < -0.3 is 14.2 Å². The molecule has 4 nitrogen and oxygen atoms in total. The zero-order valence-electron chi connectivity index (χ0n) is 11.0. The lowest BCUT2D eigenvalue weighted by Crippen LogP contribution is -2.32. The van der Waals surface area contributed by atoms with Crippen molar-refractivity contribution >= 4 is 16.8 Å². The van der Waals surface area contributed by atoms with Crippen LogP contribution in [0.3, 0.4) is 0 Å². The van der Waals surface area contributed by atoms with Gasteiger partial charge in [-0.05, 0) is 24.6 Å². The maximum absolute atomic E-state index is 11.3. The molecule has 100 valence electrons. The molecule has 0 heterocycles. The van der Waals surface area contributed by atoms with E-state index in [0.29, 0.717) is 17.7 Å². The maximum atomic E-state index is 11.3. The van der Waals surface area contributed by atoms with Gasteiger partial charge in [0.25, 0.3) is 5.24 Å². The third-order valence-electron chi connectivity index (χ3n) is 2.89. The molecule has 18 heavy (non-hydrogen) atoms. The molecule has 0 spiro atoms. The second kappa shape index (κ2) is 6.18. The summed E-state index contributed by atoms with van der Waals surface area (Å²) in [5.41, 5.74) is 1.14. The molecule has 0 radical (unpaired) electrons. The fraction of sp³-hybridized carbons (Fsp3) is 0.462. The number of carbonyl (C=O) groups excluding carboxylic acids is 1. The summed E-state index contributed by atoms with van der Waals surface area (Å²) in [6, 6.07) is 5.21. The molecule has 0 amide bonds. The summed E-state index contributed by atoms with van der Waals surface area (Å²) in [5, 5.41) is -0.551. The highest BCUT2D eigenvalue weighted by Crippen LogP contribution is 2.29. The van der Waals surface area contributed by atoms with Crippen LogP contribution in [0.5, 0.6) is 5.75 Å². The Kier molecular flexibility index (Phi) is 5.14. The van der Waals surface area contributed by atoms with Crippen LogP contribution in [-0.4, -0.2) is 32.4 Å². The lowest BCUT2D eigenvalue weighted by atomic mass is 10.0. The van der Waals surface area contributed by atoms with E-state index in [4.69, 9.17) is 25.8 Å². The predicted molar refractivity (Wildman–Crippen MR) is 69.3 cm³/mol. The monoisotopic (exact) mass is 272 g/mol. The number of rotatable bonds is 6. The number of hydrogen-bond acceptors (Lipinski definition) is 4. The Morgan fingerprint density at radius 3 is 2.33 bits per heavy atom. The molecule has 1 aromatic carbocycles. The molecule has 1 rings (SSSR count). The van der Waals surface area contributed by atoms with Crippen LogP contribution in [0.25, 0.3) is 0 Å². The molecule has 0 bridgehead atoms. The molecule has 5 heteroatoms. The van der Waals surface area contributed by atoms with E-state index >= 15 is 0 Å². The van der Waals surface area contributed by atoms with Crippen molar-refractivity contribution in [2.75, 3.05) is 21.3 Å². The zero-order chi connectivity index (χ0) is 13.8. The van der Waals surface area contributed by atoms with Gasteiger partial charge in [0.05, 0.1) is 12.7 Å². The number of halogens is 1. The van der Waals surface area contributed by atoms with Crippen LogP contribution in [0.4, 0.5) is 0 Å². The first-order valence-corrected chi connectivity index (χ1v) is 5.81. The van der Waals surface area contributed by atoms with E-state index in [1.54, 1.807) is 26.4 Å². The van der Waals surface area contributed by atoms with E-state index in [9.17, 15) is 4.79 Å². The average molecular weight is 273 g/mol. The van der Waals surface area contributed by atoms with Gasteiger partial charge in [-0.15, -0.1) is 0 Å². The van der Waals surface area contributed by atoms with Crippen LogP contribution >= 0.6 is 11.6 Å². The Balaban J connectivity index is 3.17. The second-order valence-corrected chi connectivity index (χ2v) is 4.33. The van der Waals surface area contributed by atoms with Gasteiger partial charge in [0, 0.05) is 26.2 Å². The summed E-state index contributed by atoms with van der Waals surface area (Å²) in [4.78, 5) is 11.3. The molecule has 0 aliphatic carbocycles. The largest absolute Gasteiger partial charge is 0.496 e. The Labute approximate surface area is 112 Å². The van der Waals surface area contributed by atoms with E-state index in [1.165, 1.54) is 7.11 Å². The van der Waals surface area contributed by atoms with Crippen molar-refractivity contribution in [2.24, 2.45) is 0 Å². The Bertz CT molecular complexity index is 427. The van der Waals surface area contributed by atoms with Crippen molar-refractivity contribution in [1.29, 1.82) is 0 Å². The van der Waals surface area contributed by atoms with E-state index in [2.05, 4.69) is 0 Å². The fourth-order valence-electron chi connectivity index (χ4n) is 1.69. The van der Waals surface area contributed by atoms with Gasteiger partial charge in [-0.2, -0.15) is 0 Å². The first-order valence-electron chi connectivity index (χ1n) is 5.43. The van der Waals surface area contributed by atoms with Crippen LogP contribution < -0.4 is 4.74 Å². The van der Waals surface area contributed by atoms with Crippen molar-refractivity contribution in [3.63, 3.8) is 0 Å². The molecular formula is C13H17ClO4. The number of methoxy groups -OCH3 is 3. The molecule has 0 N–H and O–H groups in total. The number of para-hydroxylation sites is 1. The van der Waals surface area contributed by atoms with Gasteiger partial charge >= 0.3 is 0 Å². The molecule has 0 aliphatic rings. The van der Waals surface area contributed by atoms with Crippen LogP contribution in [0.1, 0.15) is 22.8 Å². The van der Waals surface area contributed by atoms with Gasteiger partial charge in [-0.25, -0.2) is 0 Å². The molecule has 0 unspecified atom stereocenters. The molecule has 0 saturated carbocycles. The summed E-state index contributed by atoms with van der Waals surface area (Å²) >= 11 is 5.52. The normalized spacial score (nSPS) is 11.4. The van der Waals surface area contributed by atoms with Crippen molar-refractivity contribution in [3.8, 4) is 5.75 Å². The molecular weight excluding hydrogens is 256 g/mol. The molecule has 1 aromatic rings. The molecule has 0 atom stereocenters. The summed E-state index contributed by atoms with van der Waals surface area (Å²) in [6.45, 7) is 1.81. The first kappa shape index (κ1) is 15.0. The smallest absolute Gasteiger partial charge is 0.256 e. The minimum Gasteiger partial charge on any atom is -0.496 e. The highest BCUT2D eigenvalue weighted by Gasteiger charge is 2.26. The number of hydrogen-bond donors (Lipinski definition) is 0. The molecule has 0 aromatic heterocycles. The Hall–Kier alpha value is -1.10. The highest BCUT2D eigenvalue weighted by molar-refractivity contribution is 6.68. The zero-order valence-corrected chi connectivity index (χ0v) is 11.7. The topological polar surface area (TPSA) is 44.8 Å². The third kappa shape index (κ3) is 3.22. The van der Waals surface area contributed by atoms with Gasteiger partial charge in [-0.3, -0.25) is 4.79 Å². The standard InChI is InChI=1S/C13H17ClO4/c1-13(17-3,18-4)8-9-6-5-7-10(12(14)15)11(9)16-2/h5-7H,8H2,1-4H3. The number of ether oxygens (including phenoxy) is 3. The van der Waals surface area contributed by atoms with Crippen LogP contribution in [-0.2, 0) is 15.9 Å². The van der Waals surface area contributed by atoms with Crippen molar-refractivity contribution < 1.29 is 19.0 Å². The van der Waals surface area contributed by atoms with Crippen molar-refractivity contribution in [1.82, 2.24) is 0 Å². The summed E-state index contributed by atoms with van der Waals surface area (Å²) in [6.07, 6.45) is 0.446. The quantitative estimate of drug-likeness (QED) is 0.590. The summed E-state index contributed by atoms with van der Waals surface area (Å²) in [5.74, 6) is -0.320. The van der Waals surface area contributed by atoms with E-state index in [-0.39, 0.29) is 0 Å². The van der Waals surface area contributed by atoms with Gasteiger partial charge in [0.2, 0.25) is 0 Å². The van der Waals surface area contributed by atoms with Crippen molar-refractivity contribution in [3.05, 3.63) is 29.3 Å². The lowest BCUT2D eigenvalue weighted by Gasteiger charge is -2.27. The summed E-state index contributed by atoms with van der Waals surface area (Å²) in [7, 11) is 4.62. The Morgan fingerprint density at radius 2 is 1.89 bits per heavy atom. The average Bonchev–Trinajstić information content (AvgIpc) is 2.38. The van der Waals surface area contributed by atoms with Crippen LogP contribution in [0.15, 0.2) is 18.2 Å². The number of carbonyl (C=O) groups is 1. The molecule has 0 saturated heterocycles. The van der Waals surface area contributed by atoms with Gasteiger partial charge in [0.15, 0.2) is 5.79 Å². The second-order valence-electron chi connectivity index (χ2n) is 3.99. The van der Waals surface area contributed by atoms with Crippen LogP contribution in [0, 0.1) is 0 Å². The number of benzene rings is 1. The minimum absolute atomic E-state index is 0.339. The molecule has 0 aliphatic heterocycles. The van der Waals surface area contributed by atoms with Crippen LogP contribution in [0.2, 0.25) is 0 Å². The van der Waals surface area contributed by atoms with E-state index < -0.39 is 11.0 Å². The lowest BCUT2D eigenvalue weighted by molar-refractivity contribution is -0.191. The molecule has 0 fully saturated rings. The van der Waals surface area contributed by atoms with Crippen molar-refractivity contribution in [2.45, 2.75) is 19.1 Å². The van der Waals surface area contributed by atoms with Gasteiger partial charge in [-0.1, -0.05) is 12.1 Å². The first-order chi connectivity index (χ1) is 8.47. The van der Waals surface area contributed by atoms with Gasteiger partial charge in [0.1, 0.15) is 5.75 Å². The predicted octanol–water partition coefficient (Wildman–Crippen LogP) is 2.63.